The van der Waals surface area contributed by atoms with Gasteiger partial charge in [-0.05, 0) is 60.7 Å². The van der Waals surface area contributed by atoms with Crippen molar-refractivity contribution in [3.8, 4) is 17.1 Å². The van der Waals surface area contributed by atoms with Gasteiger partial charge in [0, 0.05) is 23.3 Å². The van der Waals surface area contributed by atoms with Crippen molar-refractivity contribution in [1.82, 2.24) is 4.57 Å². The lowest BCUT2D eigenvalue weighted by molar-refractivity contribution is -0.384. The average Bonchev–Trinajstić information content (AvgIpc) is 3.60. The summed E-state index contributed by atoms with van der Waals surface area (Å²) in [5.41, 5.74) is 6.19. The molecule has 0 N–H and O–H groups in total. The Balaban J connectivity index is 1.40. The van der Waals surface area contributed by atoms with Gasteiger partial charge in [-0.3, -0.25) is 19.5 Å². The van der Waals surface area contributed by atoms with Gasteiger partial charge in [-0.25, -0.2) is 4.99 Å². The van der Waals surface area contributed by atoms with Crippen LogP contribution < -0.4 is 19.6 Å². The molecule has 0 bridgehead atoms. The topological polar surface area (TPSA) is 99.9 Å². The zero-order valence-corrected chi connectivity index (χ0v) is 23.7. The molecule has 2 aliphatic rings. The summed E-state index contributed by atoms with van der Waals surface area (Å²) in [6.45, 7) is 1.80. The quantitative estimate of drug-likeness (QED) is 0.195. The van der Waals surface area contributed by atoms with E-state index < -0.39 is 4.92 Å². The minimum Gasteiger partial charge on any atom is -0.496 e. The van der Waals surface area contributed by atoms with E-state index in [0.717, 1.165) is 40.8 Å². The Labute approximate surface area is 244 Å². The molecule has 7 rings (SSSR count). The maximum atomic E-state index is 14.1. The summed E-state index contributed by atoms with van der Waals surface area (Å²) >= 11 is 1.30. The number of methoxy groups -OCH3 is 1. The number of rotatable bonds is 5. The number of fused-ring (bicyclic) bond motifs is 3. The molecule has 3 aromatic carbocycles. The Morgan fingerprint density at radius 3 is 2.69 bits per heavy atom. The molecular formula is C33H25N3O5S. The van der Waals surface area contributed by atoms with Crippen LogP contribution in [0.3, 0.4) is 0 Å². The van der Waals surface area contributed by atoms with Gasteiger partial charge >= 0.3 is 0 Å². The van der Waals surface area contributed by atoms with E-state index in [9.17, 15) is 14.9 Å². The highest BCUT2D eigenvalue weighted by Crippen LogP contribution is 2.43. The number of aromatic nitrogens is 1. The fourth-order valence-corrected chi connectivity index (χ4v) is 6.88. The number of furan rings is 1. The van der Waals surface area contributed by atoms with Crippen molar-refractivity contribution in [3.63, 3.8) is 0 Å². The lowest BCUT2D eigenvalue weighted by Gasteiger charge is -2.31. The van der Waals surface area contributed by atoms with E-state index in [4.69, 9.17) is 14.1 Å². The van der Waals surface area contributed by atoms with Crippen LogP contribution in [-0.2, 0) is 6.42 Å². The first kappa shape index (κ1) is 25.9. The zero-order valence-electron chi connectivity index (χ0n) is 22.9. The Morgan fingerprint density at radius 2 is 1.86 bits per heavy atom. The van der Waals surface area contributed by atoms with E-state index in [0.29, 0.717) is 32.2 Å². The van der Waals surface area contributed by atoms with Crippen molar-refractivity contribution in [2.75, 3.05) is 7.11 Å². The monoisotopic (exact) mass is 575 g/mol. The molecule has 0 radical (unpaired) electrons. The van der Waals surface area contributed by atoms with Crippen molar-refractivity contribution in [2.24, 2.45) is 4.99 Å². The third kappa shape index (κ3) is 4.21. The zero-order chi connectivity index (χ0) is 29.0. The van der Waals surface area contributed by atoms with Gasteiger partial charge in [-0.1, -0.05) is 59.9 Å². The van der Waals surface area contributed by atoms with E-state index in [1.54, 1.807) is 48.9 Å². The number of ether oxygens (including phenoxy) is 1. The first-order valence-corrected chi connectivity index (χ1v) is 14.4. The molecular weight excluding hydrogens is 550 g/mol. The second-order valence-electron chi connectivity index (χ2n) is 10.3. The van der Waals surface area contributed by atoms with Crippen LogP contribution in [-0.4, -0.2) is 16.6 Å². The first-order valence-electron chi connectivity index (χ1n) is 13.5. The average molecular weight is 576 g/mol. The predicted octanol–water partition coefficient (Wildman–Crippen LogP) is 5.80. The van der Waals surface area contributed by atoms with Gasteiger partial charge in [-0.2, -0.15) is 0 Å². The molecule has 1 aliphatic carbocycles. The normalized spacial score (nSPS) is 16.0. The van der Waals surface area contributed by atoms with Gasteiger partial charge in [0.2, 0.25) is 0 Å². The van der Waals surface area contributed by atoms with E-state index >= 15 is 0 Å². The Morgan fingerprint density at radius 1 is 1.05 bits per heavy atom. The summed E-state index contributed by atoms with van der Waals surface area (Å²) in [5.74, 6) is 1.49. The number of para-hydroxylation sites is 1. The summed E-state index contributed by atoms with van der Waals surface area (Å²) in [4.78, 5) is 31.0. The molecule has 2 aromatic heterocycles. The smallest absolute Gasteiger partial charge is 0.280 e. The van der Waals surface area contributed by atoms with Gasteiger partial charge in [0.25, 0.3) is 11.2 Å². The van der Waals surface area contributed by atoms with E-state index in [2.05, 4.69) is 12.1 Å². The van der Waals surface area contributed by atoms with Crippen molar-refractivity contribution < 1.29 is 14.1 Å². The molecule has 1 aliphatic heterocycles. The number of thiazole rings is 1. The number of nitro benzene ring substituents is 1. The lowest BCUT2D eigenvalue weighted by atomic mass is 9.83. The number of hydrogen-bond acceptors (Lipinski definition) is 7. The Bertz CT molecular complexity index is 2120. The van der Waals surface area contributed by atoms with E-state index in [-0.39, 0.29) is 17.3 Å². The van der Waals surface area contributed by atoms with Crippen LogP contribution in [0.1, 0.15) is 40.5 Å². The van der Waals surface area contributed by atoms with Gasteiger partial charge in [0.15, 0.2) is 4.80 Å². The second kappa shape index (κ2) is 10.1. The third-order valence-electron chi connectivity index (χ3n) is 7.82. The van der Waals surface area contributed by atoms with Crippen molar-refractivity contribution in [3.05, 3.63) is 142 Å². The minimum absolute atomic E-state index is 0.0297. The van der Waals surface area contributed by atoms with Crippen LogP contribution >= 0.6 is 11.3 Å². The van der Waals surface area contributed by atoms with E-state index in [1.807, 2.05) is 36.4 Å². The van der Waals surface area contributed by atoms with Crippen molar-refractivity contribution >= 4 is 28.8 Å². The Kier molecular flexibility index (Phi) is 6.24. The highest BCUT2D eigenvalue weighted by atomic mass is 32.1. The first-order chi connectivity index (χ1) is 20.4. The molecule has 42 heavy (non-hydrogen) atoms. The summed E-state index contributed by atoms with van der Waals surface area (Å²) in [6, 6.07) is 24.1. The van der Waals surface area contributed by atoms with Crippen LogP contribution in [0.2, 0.25) is 0 Å². The fourth-order valence-electron chi connectivity index (χ4n) is 5.90. The van der Waals surface area contributed by atoms with Crippen LogP contribution in [0.25, 0.3) is 23.1 Å². The maximum Gasteiger partial charge on any atom is 0.280 e. The summed E-state index contributed by atoms with van der Waals surface area (Å²) < 4.78 is 14.0. The molecule has 8 nitrogen and oxygen atoms in total. The number of nitro groups is 1. The molecule has 0 saturated heterocycles. The molecule has 1 atom stereocenters. The summed E-state index contributed by atoms with van der Waals surface area (Å²) in [5, 5.41) is 11.7. The van der Waals surface area contributed by atoms with Crippen molar-refractivity contribution in [2.45, 2.75) is 25.8 Å². The number of benzene rings is 3. The molecule has 208 valence electrons. The van der Waals surface area contributed by atoms with Crippen LogP contribution in [0, 0.1) is 17.0 Å². The standard InChI is InChI=1S/C33H25N3O5S/c1-19-11-14-23(26(17-19)36(38)39)28-16-13-21(41-28)18-29-32(37)35-31(24-9-5-6-10-27(24)40-2)25-15-12-20-7-3-4-8-22(20)30(25)34-33(35)42-29/h3-11,13-14,16-18,31H,12,15H2,1-2H3/b29-18+/t31-/m1/s1. The molecule has 9 heteroatoms. The number of allylic oxidation sites excluding steroid dienone is 1. The summed E-state index contributed by atoms with van der Waals surface area (Å²) in [7, 11) is 1.64. The number of hydrogen-bond donors (Lipinski definition) is 0. The number of nitrogens with zero attached hydrogens (tertiary/aromatic N) is 3. The molecule has 0 saturated carbocycles. The fraction of sp³-hybridized carbons (Fsp3) is 0.152. The van der Waals surface area contributed by atoms with Crippen molar-refractivity contribution in [1.29, 1.82) is 0 Å². The van der Waals surface area contributed by atoms with Gasteiger partial charge in [0.1, 0.15) is 17.3 Å². The van der Waals surface area contributed by atoms with Crippen LogP contribution in [0.15, 0.2) is 98.6 Å². The maximum absolute atomic E-state index is 14.1. The van der Waals surface area contributed by atoms with Gasteiger partial charge < -0.3 is 9.15 Å². The summed E-state index contributed by atoms with van der Waals surface area (Å²) in [6.07, 6.45) is 3.32. The minimum atomic E-state index is -0.416. The highest BCUT2D eigenvalue weighted by molar-refractivity contribution is 7.07. The number of aryl methyl sites for hydroxylation is 2. The molecule has 0 spiro atoms. The van der Waals surface area contributed by atoms with Gasteiger partial charge in [-0.15, -0.1) is 0 Å². The largest absolute Gasteiger partial charge is 0.496 e. The SMILES string of the molecule is COc1ccccc1[C@@H]1C2=C(N=c3s/c(=C/c4ccc(-c5ccc(C)cc5[N+](=O)[O-])o4)c(=O)n31)c1ccccc1CC2. The molecule has 3 heterocycles. The van der Waals surface area contributed by atoms with E-state index in [1.165, 1.54) is 23.0 Å². The highest BCUT2D eigenvalue weighted by Gasteiger charge is 2.34. The van der Waals surface area contributed by atoms with Crippen LogP contribution in [0.5, 0.6) is 5.75 Å². The molecule has 0 amide bonds. The predicted molar refractivity (Wildman–Crippen MR) is 161 cm³/mol. The molecule has 0 fully saturated rings. The molecule has 0 unspecified atom stereocenters. The Hall–Kier alpha value is -5.02. The van der Waals surface area contributed by atoms with Crippen LogP contribution in [0.4, 0.5) is 5.69 Å². The lowest BCUT2D eigenvalue weighted by Crippen LogP contribution is -2.38. The molecule has 5 aromatic rings. The van der Waals surface area contributed by atoms with Gasteiger partial charge in [0.05, 0.1) is 33.9 Å². The second-order valence-corrected chi connectivity index (χ2v) is 11.3. The third-order valence-corrected chi connectivity index (χ3v) is 8.80.